The molecule has 1 aromatic carbocycles. The number of ether oxygens (including phenoxy) is 2. The Morgan fingerprint density at radius 2 is 1.90 bits per heavy atom. The number of phenolic OH excluding ortho intramolecular Hbond substituents is 1. The highest BCUT2D eigenvalue weighted by Gasteiger charge is 2.56. The summed E-state index contributed by atoms with van der Waals surface area (Å²) in [7, 11) is 0. The Hall–Kier alpha value is -3.29. The smallest absolute Gasteiger partial charge is 0.261 e. The van der Waals surface area contributed by atoms with E-state index >= 15 is 0 Å². The molecule has 1 saturated carbocycles. The molecule has 2 aliphatic carbocycles. The van der Waals surface area contributed by atoms with Crippen LogP contribution in [0, 0.1) is 0 Å². The minimum absolute atomic E-state index is 0.00467. The van der Waals surface area contributed by atoms with Crippen molar-refractivity contribution in [3.8, 4) is 17.2 Å². The number of phenols is 1. The van der Waals surface area contributed by atoms with Gasteiger partial charge in [-0.05, 0) is 26.7 Å². The van der Waals surface area contributed by atoms with Crippen LogP contribution in [0.1, 0.15) is 55.5 Å². The Kier molecular flexibility index (Phi) is 3.31. The van der Waals surface area contributed by atoms with E-state index in [0.717, 1.165) is 12.8 Å². The maximum absolute atomic E-state index is 13.1. The lowest BCUT2D eigenvalue weighted by Gasteiger charge is -2.36. The zero-order valence-electron chi connectivity index (χ0n) is 15.9. The number of fused-ring (bicyclic) bond motifs is 5. The molecule has 3 N–H and O–H groups in total. The van der Waals surface area contributed by atoms with Gasteiger partial charge in [0, 0.05) is 25.0 Å². The summed E-state index contributed by atoms with van der Waals surface area (Å²) in [5.41, 5.74) is -2.53. The van der Waals surface area contributed by atoms with E-state index in [9.17, 15) is 24.6 Å². The fourth-order valence-corrected chi connectivity index (χ4v) is 4.82. The predicted molar refractivity (Wildman–Crippen MR) is 98.8 cm³/mol. The average molecular weight is 397 g/mol. The monoisotopic (exact) mass is 397 g/mol. The lowest BCUT2D eigenvalue weighted by atomic mass is 9.71. The van der Waals surface area contributed by atoms with E-state index in [1.54, 1.807) is 0 Å². The molecular weight excluding hydrogens is 378 g/mol. The van der Waals surface area contributed by atoms with Gasteiger partial charge in [0.25, 0.3) is 5.91 Å². The van der Waals surface area contributed by atoms with Gasteiger partial charge in [0.05, 0.1) is 5.56 Å². The molecule has 29 heavy (non-hydrogen) atoms. The minimum atomic E-state index is -1.54. The fraction of sp³-hybridized carbons (Fsp3) is 0.381. The topological polar surface area (TPSA) is 122 Å². The zero-order valence-corrected chi connectivity index (χ0v) is 15.9. The van der Waals surface area contributed by atoms with Crippen molar-refractivity contribution in [2.75, 3.05) is 0 Å². The van der Waals surface area contributed by atoms with Crippen LogP contribution in [0.5, 0.6) is 17.2 Å². The molecule has 1 fully saturated rings. The summed E-state index contributed by atoms with van der Waals surface area (Å²) in [6.07, 6.45) is 4.35. The molecular formula is C21H19NO7. The van der Waals surface area contributed by atoms with Crippen LogP contribution >= 0.6 is 0 Å². The Morgan fingerprint density at radius 3 is 2.55 bits per heavy atom. The number of nitrogens with one attached hydrogen (secondary N) is 1. The van der Waals surface area contributed by atoms with Crippen molar-refractivity contribution in [2.24, 2.45) is 0 Å². The number of carbonyl (C=O) groups is 3. The van der Waals surface area contributed by atoms with Crippen LogP contribution in [0.4, 0.5) is 0 Å². The van der Waals surface area contributed by atoms with Gasteiger partial charge in [-0.3, -0.25) is 14.4 Å². The molecule has 1 spiro atoms. The number of aliphatic hydroxyl groups is 1. The quantitative estimate of drug-likeness (QED) is 0.622. The van der Waals surface area contributed by atoms with Gasteiger partial charge in [-0.15, -0.1) is 0 Å². The lowest BCUT2D eigenvalue weighted by molar-refractivity contribution is -0.123. The number of hydrogen-bond acceptors (Lipinski definition) is 7. The third-order valence-corrected chi connectivity index (χ3v) is 6.27. The summed E-state index contributed by atoms with van der Waals surface area (Å²) < 4.78 is 11.9. The van der Waals surface area contributed by atoms with Crippen LogP contribution in [0.3, 0.4) is 0 Å². The number of Topliss-reactive ketones (excluding diaryl/α,β-unsaturated/α-hetero) is 2. The molecule has 2 heterocycles. The maximum atomic E-state index is 13.1. The fourth-order valence-electron chi connectivity index (χ4n) is 4.82. The Morgan fingerprint density at radius 1 is 1.21 bits per heavy atom. The first-order valence-electron chi connectivity index (χ1n) is 9.49. The van der Waals surface area contributed by atoms with Crippen LogP contribution in [0.25, 0.3) is 0 Å². The van der Waals surface area contributed by atoms with E-state index < -0.39 is 34.4 Å². The molecule has 0 bridgehead atoms. The highest BCUT2D eigenvalue weighted by atomic mass is 16.5. The summed E-state index contributed by atoms with van der Waals surface area (Å²) >= 11 is 0. The van der Waals surface area contributed by atoms with Crippen molar-refractivity contribution in [1.29, 1.82) is 0 Å². The van der Waals surface area contributed by atoms with E-state index in [4.69, 9.17) is 9.47 Å². The second kappa shape index (κ2) is 5.40. The second-order valence-corrected chi connectivity index (χ2v) is 8.11. The first-order valence-corrected chi connectivity index (χ1v) is 9.49. The third-order valence-electron chi connectivity index (χ3n) is 6.27. The van der Waals surface area contributed by atoms with Crippen LogP contribution in [0.15, 0.2) is 29.2 Å². The van der Waals surface area contributed by atoms with Crippen LogP contribution < -0.4 is 14.8 Å². The molecule has 1 atom stereocenters. The summed E-state index contributed by atoms with van der Waals surface area (Å²) in [5, 5.41) is 23.8. The van der Waals surface area contributed by atoms with Gasteiger partial charge in [0.15, 0.2) is 23.0 Å². The van der Waals surface area contributed by atoms with Gasteiger partial charge in [-0.1, -0.05) is 0 Å². The number of allylic oxidation sites excluding steroid dienone is 3. The van der Waals surface area contributed by atoms with Crippen LogP contribution in [-0.4, -0.2) is 33.4 Å². The molecule has 0 radical (unpaired) electrons. The molecule has 8 nitrogen and oxygen atoms in total. The van der Waals surface area contributed by atoms with E-state index in [1.807, 2.05) is 0 Å². The Labute approximate surface area is 165 Å². The van der Waals surface area contributed by atoms with Crippen molar-refractivity contribution in [1.82, 2.24) is 5.32 Å². The number of aliphatic hydroxyl groups excluding tert-OH is 1. The van der Waals surface area contributed by atoms with E-state index in [2.05, 4.69) is 5.32 Å². The van der Waals surface area contributed by atoms with E-state index in [-0.39, 0.29) is 39.7 Å². The zero-order chi connectivity index (χ0) is 20.7. The molecule has 1 aromatic rings. The Bertz CT molecular complexity index is 1090. The number of ketones is 2. The molecule has 1 amide bonds. The molecule has 5 rings (SSSR count). The van der Waals surface area contributed by atoms with Gasteiger partial charge in [-0.2, -0.15) is 0 Å². The number of rotatable bonds is 1. The van der Waals surface area contributed by atoms with Crippen molar-refractivity contribution in [2.45, 2.75) is 50.7 Å². The van der Waals surface area contributed by atoms with Crippen LogP contribution in [0.2, 0.25) is 0 Å². The summed E-state index contributed by atoms with van der Waals surface area (Å²) in [6, 6.07) is 1.32. The van der Waals surface area contributed by atoms with Crippen molar-refractivity contribution in [3.05, 3.63) is 40.4 Å². The molecule has 4 aliphatic rings. The number of benzene rings is 1. The maximum Gasteiger partial charge on any atom is 0.261 e. The van der Waals surface area contributed by atoms with Gasteiger partial charge < -0.3 is 25.0 Å². The first-order chi connectivity index (χ1) is 13.7. The average Bonchev–Trinajstić information content (AvgIpc) is 3.17. The van der Waals surface area contributed by atoms with Gasteiger partial charge in [-0.25, -0.2) is 0 Å². The highest BCUT2D eigenvalue weighted by Crippen LogP contribution is 2.57. The summed E-state index contributed by atoms with van der Waals surface area (Å²) in [4.78, 5) is 38.0. The minimum Gasteiger partial charge on any atom is -0.507 e. The van der Waals surface area contributed by atoms with Crippen molar-refractivity contribution in [3.63, 3.8) is 0 Å². The number of hydrogen-bond donors (Lipinski definition) is 3. The van der Waals surface area contributed by atoms with E-state index in [0.29, 0.717) is 12.8 Å². The SMILES string of the molecule is CC(=O)C1=C(O)C=C2Oc3c4c(cc(O)c3[C@]2(C)C1=O)OC1(CCCC1)NC4=O. The Balaban J connectivity index is 1.71. The van der Waals surface area contributed by atoms with Crippen LogP contribution in [-0.2, 0) is 15.0 Å². The third kappa shape index (κ3) is 2.11. The number of amides is 1. The van der Waals surface area contributed by atoms with Gasteiger partial charge >= 0.3 is 0 Å². The normalized spacial score (nSPS) is 26.2. The standard InChI is InChI=1S/C21H19NO7/c1-9(23)14-10(24)8-13-20(2,18(14)26)16-11(25)7-12-15(17(16)28-13)19(27)22-21(29-12)5-3-4-6-21/h7-8,24-25H,3-6H2,1-2H3,(H,22,27)/t20-/m1/s1. The van der Waals surface area contributed by atoms with Gasteiger partial charge in [0.2, 0.25) is 0 Å². The molecule has 8 heteroatoms. The largest absolute Gasteiger partial charge is 0.507 e. The van der Waals surface area contributed by atoms with Crippen molar-refractivity contribution < 1.29 is 34.1 Å². The number of carbonyl (C=O) groups excluding carboxylic acids is 3. The molecule has 150 valence electrons. The predicted octanol–water partition coefficient (Wildman–Crippen LogP) is 2.30. The first kappa shape index (κ1) is 17.8. The molecule has 0 aromatic heterocycles. The molecule has 0 saturated heterocycles. The summed E-state index contributed by atoms with van der Waals surface area (Å²) in [6.45, 7) is 2.67. The molecule has 0 unspecified atom stereocenters. The van der Waals surface area contributed by atoms with Crippen molar-refractivity contribution >= 4 is 17.5 Å². The second-order valence-electron chi connectivity index (χ2n) is 8.11. The summed E-state index contributed by atoms with van der Waals surface area (Å²) in [5.74, 6) is -2.25. The van der Waals surface area contributed by atoms with E-state index in [1.165, 1.54) is 26.0 Å². The number of aromatic hydroxyl groups is 1. The lowest BCUT2D eigenvalue weighted by Crippen LogP contribution is -2.54. The molecule has 2 aliphatic heterocycles. The highest BCUT2D eigenvalue weighted by molar-refractivity contribution is 6.25. The van der Waals surface area contributed by atoms with Gasteiger partial charge in [0.1, 0.15) is 39.6 Å².